The largest absolute Gasteiger partial charge is 0.371 e. The van der Waals surface area contributed by atoms with E-state index in [9.17, 15) is 4.79 Å². The highest BCUT2D eigenvalue weighted by Crippen LogP contribution is 2.71. The molecule has 5 rings (SSSR count). The van der Waals surface area contributed by atoms with E-state index in [4.69, 9.17) is 19.9 Å². The molecule has 4 aliphatic carbocycles. The van der Waals surface area contributed by atoms with Crippen LogP contribution in [0.4, 0.5) is 0 Å². The van der Waals surface area contributed by atoms with Crippen LogP contribution >= 0.6 is 0 Å². The van der Waals surface area contributed by atoms with Crippen molar-refractivity contribution in [1.82, 2.24) is 5.01 Å². The van der Waals surface area contributed by atoms with Crippen molar-refractivity contribution in [1.29, 1.82) is 0 Å². The van der Waals surface area contributed by atoms with Crippen LogP contribution in [0.25, 0.3) is 0 Å². The van der Waals surface area contributed by atoms with E-state index < -0.39 is 28.9 Å². The molecule has 0 aromatic carbocycles. The normalized spacial score (nSPS) is 41.5. The van der Waals surface area contributed by atoms with Crippen LogP contribution in [0.15, 0.2) is 40.2 Å². The number of carbonyl (C=O) groups excluding carboxylic acids is 1. The number of fused-ring (bicyclic) bond motifs is 3. The van der Waals surface area contributed by atoms with Crippen LogP contribution in [0.2, 0.25) is 0 Å². The van der Waals surface area contributed by atoms with E-state index in [1.807, 2.05) is 32.1 Å². The van der Waals surface area contributed by atoms with E-state index >= 15 is 0 Å². The quantitative estimate of drug-likeness (QED) is 0.378. The van der Waals surface area contributed by atoms with Gasteiger partial charge in [0.05, 0.1) is 17.6 Å². The molecule has 7 heteroatoms. The first kappa shape index (κ1) is 27.8. The van der Waals surface area contributed by atoms with E-state index in [1.165, 1.54) is 0 Å². The summed E-state index contributed by atoms with van der Waals surface area (Å²) in [6, 6.07) is 0. The zero-order chi connectivity index (χ0) is 27.8. The van der Waals surface area contributed by atoms with Crippen LogP contribution in [0.1, 0.15) is 67.7 Å². The minimum absolute atomic E-state index is 0.0559. The molecule has 7 nitrogen and oxygen atoms in total. The number of carbonyl (C=O) groups is 1. The van der Waals surface area contributed by atoms with Crippen LogP contribution < -0.4 is 5.73 Å². The van der Waals surface area contributed by atoms with Crippen molar-refractivity contribution in [3.63, 3.8) is 0 Å². The zero-order valence-electron chi connectivity index (χ0n) is 24.7. The Balaban J connectivity index is 1.58. The van der Waals surface area contributed by atoms with E-state index in [2.05, 4.69) is 57.9 Å². The fourth-order valence-corrected chi connectivity index (χ4v) is 8.39. The fourth-order valence-electron chi connectivity index (χ4n) is 8.39. The highest BCUT2D eigenvalue weighted by molar-refractivity contribution is 5.95. The summed E-state index contributed by atoms with van der Waals surface area (Å²) in [5, 5.41) is 6.29. The second kappa shape index (κ2) is 9.12. The lowest BCUT2D eigenvalue weighted by molar-refractivity contribution is -0.241. The van der Waals surface area contributed by atoms with Gasteiger partial charge in [0.2, 0.25) is 0 Å². The van der Waals surface area contributed by atoms with Gasteiger partial charge in [-0.25, -0.2) is 0 Å². The third-order valence-corrected chi connectivity index (χ3v) is 10.6. The molecule has 2 bridgehead atoms. The van der Waals surface area contributed by atoms with Crippen molar-refractivity contribution in [3.05, 3.63) is 35.1 Å². The van der Waals surface area contributed by atoms with E-state index in [-0.39, 0.29) is 23.0 Å². The van der Waals surface area contributed by atoms with Gasteiger partial charge in [-0.3, -0.25) is 9.80 Å². The fraction of sp³-hybridized carbons (Fsp3) is 0.742. The number of allylic oxidation sites excluding steroid dienone is 2. The number of ether oxygens (including phenoxy) is 3. The van der Waals surface area contributed by atoms with Gasteiger partial charge in [0, 0.05) is 44.8 Å². The maximum absolute atomic E-state index is 14.8. The summed E-state index contributed by atoms with van der Waals surface area (Å²) >= 11 is 0. The van der Waals surface area contributed by atoms with Crippen LogP contribution in [0, 0.1) is 34.5 Å². The molecule has 210 valence electrons. The molecule has 6 unspecified atom stereocenters. The van der Waals surface area contributed by atoms with Crippen molar-refractivity contribution in [2.45, 2.75) is 91.3 Å². The van der Waals surface area contributed by atoms with Gasteiger partial charge >= 0.3 is 0 Å². The zero-order valence-corrected chi connectivity index (χ0v) is 24.7. The second-order valence-corrected chi connectivity index (χ2v) is 13.4. The van der Waals surface area contributed by atoms with Gasteiger partial charge in [-0.05, 0) is 68.4 Å². The summed E-state index contributed by atoms with van der Waals surface area (Å²) in [4.78, 5) is 14.8. The average molecular weight is 526 g/mol. The molecule has 38 heavy (non-hydrogen) atoms. The Kier molecular flexibility index (Phi) is 6.66. The van der Waals surface area contributed by atoms with Crippen molar-refractivity contribution in [2.75, 3.05) is 20.8 Å². The molecule has 8 atom stereocenters. The predicted molar refractivity (Wildman–Crippen MR) is 149 cm³/mol. The van der Waals surface area contributed by atoms with Gasteiger partial charge in [-0.2, -0.15) is 5.10 Å². The van der Waals surface area contributed by atoms with E-state index in [1.54, 1.807) is 7.11 Å². The smallest absolute Gasteiger partial charge is 0.163 e. The standard InChI is InChI=1S/C31H47N3O4/c1-18-15-22-24-23(28(24,4)5)16-20(3)30(25(22)35)17-19(2)26(31(30,32)27(18)38-29(6,7)36-9)37-14-12-21-11-10-13-33-34(21)8/h11,13,15,17,20,22-24,26-27H,10,12,14,16,32H2,1-9H3/t20-,22?,23?,24+,26?,27?,30?,31?/m1/s1. The maximum atomic E-state index is 14.8. The van der Waals surface area contributed by atoms with Crippen LogP contribution in [-0.4, -0.2) is 61.3 Å². The van der Waals surface area contributed by atoms with Crippen molar-refractivity contribution >= 4 is 12.0 Å². The molecule has 2 N–H and O–H groups in total. The molecule has 0 radical (unpaired) electrons. The molecule has 1 heterocycles. The highest BCUT2D eigenvalue weighted by atomic mass is 16.7. The second-order valence-electron chi connectivity index (χ2n) is 13.4. The lowest BCUT2D eigenvalue weighted by Crippen LogP contribution is -2.72. The molecule has 2 saturated carbocycles. The summed E-state index contributed by atoms with van der Waals surface area (Å²) in [6.07, 6.45) is 9.92. The number of methoxy groups -OCH3 is 1. The van der Waals surface area contributed by atoms with E-state index in [0.29, 0.717) is 18.4 Å². The van der Waals surface area contributed by atoms with Crippen LogP contribution in [0.5, 0.6) is 0 Å². The predicted octanol–water partition coefficient (Wildman–Crippen LogP) is 4.84. The summed E-state index contributed by atoms with van der Waals surface area (Å²) in [5.41, 5.74) is 8.98. The molecule has 0 amide bonds. The molecular formula is C31H47N3O4. The molecule has 1 spiro atoms. The third kappa shape index (κ3) is 3.83. The van der Waals surface area contributed by atoms with Gasteiger partial charge < -0.3 is 19.9 Å². The van der Waals surface area contributed by atoms with Crippen molar-refractivity contribution in [3.8, 4) is 0 Å². The maximum Gasteiger partial charge on any atom is 0.163 e. The third-order valence-electron chi connectivity index (χ3n) is 10.6. The van der Waals surface area contributed by atoms with Crippen molar-refractivity contribution in [2.24, 2.45) is 45.3 Å². The number of hydrogen-bond acceptors (Lipinski definition) is 7. The first-order chi connectivity index (χ1) is 17.7. The Hall–Kier alpha value is -1.80. The molecule has 2 fully saturated rings. The Labute approximate surface area is 228 Å². The number of hydrazone groups is 1. The summed E-state index contributed by atoms with van der Waals surface area (Å²) < 4.78 is 19.2. The number of nitrogens with zero attached hydrogens (tertiary/aromatic N) is 2. The molecular weight excluding hydrogens is 478 g/mol. The molecule has 0 aromatic rings. The summed E-state index contributed by atoms with van der Waals surface area (Å²) in [5.74, 6) is 0.0673. The summed E-state index contributed by atoms with van der Waals surface area (Å²) in [7, 11) is 3.60. The van der Waals surface area contributed by atoms with E-state index in [0.717, 1.165) is 36.1 Å². The van der Waals surface area contributed by atoms with Gasteiger partial charge in [0.15, 0.2) is 11.6 Å². The monoisotopic (exact) mass is 525 g/mol. The topological polar surface area (TPSA) is 86.4 Å². The Morgan fingerprint density at radius 3 is 2.58 bits per heavy atom. The van der Waals surface area contributed by atoms with Crippen LogP contribution in [-0.2, 0) is 19.0 Å². The minimum atomic E-state index is -1.11. The number of hydrogen-bond donors (Lipinski definition) is 1. The average Bonchev–Trinajstić information content (AvgIpc) is 3.34. The van der Waals surface area contributed by atoms with Crippen LogP contribution in [0.3, 0.4) is 0 Å². The highest BCUT2D eigenvalue weighted by Gasteiger charge is 2.75. The molecule has 1 aliphatic heterocycles. The first-order valence-corrected chi connectivity index (χ1v) is 14.2. The summed E-state index contributed by atoms with van der Waals surface area (Å²) in [6.45, 7) is 15.3. The molecule has 0 aromatic heterocycles. The Morgan fingerprint density at radius 2 is 1.92 bits per heavy atom. The van der Waals surface area contributed by atoms with Crippen molar-refractivity contribution < 1.29 is 19.0 Å². The van der Waals surface area contributed by atoms with Gasteiger partial charge in [0.25, 0.3) is 0 Å². The lowest BCUT2D eigenvalue weighted by atomic mass is 9.57. The molecule has 5 aliphatic rings. The van der Waals surface area contributed by atoms with Gasteiger partial charge in [-0.15, -0.1) is 0 Å². The van der Waals surface area contributed by atoms with Gasteiger partial charge in [-0.1, -0.05) is 39.0 Å². The SMILES string of the molecule is COC(C)(C)OC1C(C)=CC2C(=O)C3(C=C(C)C(OCCC4=CCC=NN4C)C13N)[C@H](C)CC1[C@H]2C1(C)C. The van der Waals surface area contributed by atoms with Gasteiger partial charge in [0.1, 0.15) is 12.2 Å². The number of Topliss-reactive ketones (excluding diaryl/α,β-unsaturated/α-hetero) is 1. The number of nitrogens with two attached hydrogens (primary N) is 1. The Bertz CT molecular complexity index is 1120. The minimum Gasteiger partial charge on any atom is -0.371 e. The lowest BCUT2D eigenvalue weighted by Gasteiger charge is -2.52. The molecule has 0 saturated heterocycles. The number of ketones is 1. The first-order valence-electron chi connectivity index (χ1n) is 14.2. The number of rotatable bonds is 7. The Morgan fingerprint density at radius 1 is 1.21 bits per heavy atom.